The highest BCUT2D eigenvalue weighted by Crippen LogP contribution is 2.33. The van der Waals surface area contributed by atoms with E-state index in [0.29, 0.717) is 18.4 Å². The van der Waals surface area contributed by atoms with Crippen LogP contribution in [0.5, 0.6) is 0 Å². The van der Waals surface area contributed by atoms with Crippen molar-refractivity contribution in [3.8, 4) is 0 Å². The number of hydrogen-bond donors (Lipinski definition) is 2. The number of carbonyl (C=O) groups is 1. The van der Waals surface area contributed by atoms with Crippen LogP contribution in [0.25, 0.3) is 0 Å². The molecule has 3 N–H and O–H groups in total. The van der Waals surface area contributed by atoms with Crippen molar-refractivity contribution in [3.63, 3.8) is 0 Å². The Labute approximate surface area is 105 Å². The van der Waals surface area contributed by atoms with Crippen LogP contribution in [-0.4, -0.2) is 18.0 Å². The molecule has 3 unspecified atom stereocenters. The van der Waals surface area contributed by atoms with Gasteiger partial charge >= 0.3 is 0 Å². The number of hydrogen-bond acceptors (Lipinski definition) is 2. The third kappa shape index (κ3) is 3.98. The molecule has 3 nitrogen and oxygen atoms in total. The third-order valence-electron chi connectivity index (χ3n) is 4.19. The zero-order chi connectivity index (χ0) is 12.4. The molecule has 0 radical (unpaired) electrons. The average molecular weight is 238 g/mol. The molecule has 1 amide bonds. The summed E-state index contributed by atoms with van der Waals surface area (Å²) in [6.45, 7) is 4.56. The van der Waals surface area contributed by atoms with Gasteiger partial charge in [-0.25, -0.2) is 0 Å². The van der Waals surface area contributed by atoms with Crippen molar-refractivity contribution < 1.29 is 4.79 Å². The van der Waals surface area contributed by atoms with Gasteiger partial charge in [-0.3, -0.25) is 4.79 Å². The lowest BCUT2D eigenvalue weighted by atomic mass is 9.80. The molecule has 0 heterocycles. The highest BCUT2D eigenvalue weighted by molar-refractivity contribution is 5.77. The Kier molecular flexibility index (Phi) is 4.08. The number of nitrogens with one attached hydrogen (secondary N) is 1. The van der Waals surface area contributed by atoms with E-state index < -0.39 is 0 Å². The van der Waals surface area contributed by atoms with E-state index in [1.54, 1.807) is 0 Å². The summed E-state index contributed by atoms with van der Waals surface area (Å²) in [4.78, 5) is 11.9. The molecule has 0 aromatic carbocycles. The molecule has 0 saturated heterocycles. The zero-order valence-electron chi connectivity index (χ0n) is 11.1. The molecule has 2 fully saturated rings. The molecule has 2 saturated carbocycles. The van der Waals surface area contributed by atoms with E-state index >= 15 is 0 Å². The lowest BCUT2D eigenvalue weighted by molar-refractivity contribution is -0.122. The summed E-state index contributed by atoms with van der Waals surface area (Å²) in [5.41, 5.74) is 5.98. The van der Waals surface area contributed by atoms with Gasteiger partial charge in [-0.2, -0.15) is 0 Å². The smallest absolute Gasteiger partial charge is 0.221 e. The van der Waals surface area contributed by atoms with Gasteiger partial charge in [0, 0.05) is 18.5 Å². The first-order valence-corrected chi connectivity index (χ1v) is 7.09. The minimum atomic E-state index is 0.0911. The highest BCUT2D eigenvalue weighted by Gasteiger charge is 2.31. The molecule has 0 spiro atoms. The summed E-state index contributed by atoms with van der Waals surface area (Å²) >= 11 is 0. The number of amides is 1. The molecular formula is C14H26N2O. The fraction of sp³-hybridized carbons (Fsp3) is 0.929. The molecule has 0 aliphatic heterocycles. The summed E-state index contributed by atoms with van der Waals surface area (Å²) in [5.74, 6) is 2.25. The summed E-state index contributed by atoms with van der Waals surface area (Å²) in [7, 11) is 0. The lowest BCUT2D eigenvalue weighted by Crippen LogP contribution is -2.42. The van der Waals surface area contributed by atoms with E-state index in [2.05, 4.69) is 19.2 Å². The molecule has 2 aliphatic carbocycles. The SMILES string of the molecule is CC1CC(C)CC(NC(=O)CC(N)C2CC2)C1. The summed E-state index contributed by atoms with van der Waals surface area (Å²) in [6.07, 6.45) is 6.51. The Balaban J connectivity index is 1.73. The van der Waals surface area contributed by atoms with E-state index in [1.807, 2.05) is 0 Å². The Morgan fingerprint density at radius 2 is 1.82 bits per heavy atom. The summed E-state index contributed by atoms with van der Waals surface area (Å²) in [5, 5.41) is 3.17. The number of rotatable bonds is 4. The first-order chi connectivity index (χ1) is 8.04. The van der Waals surface area contributed by atoms with Gasteiger partial charge in [-0.15, -0.1) is 0 Å². The van der Waals surface area contributed by atoms with Crippen LogP contribution < -0.4 is 11.1 Å². The second-order valence-electron chi connectivity index (χ2n) is 6.39. The molecule has 17 heavy (non-hydrogen) atoms. The zero-order valence-corrected chi connectivity index (χ0v) is 11.1. The van der Waals surface area contributed by atoms with Crippen LogP contribution in [0.1, 0.15) is 52.4 Å². The summed E-state index contributed by atoms with van der Waals surface area (Å²) < 4.78 is 0. The van der Waals surface area contributed by atoms with Crippen LogP contribution in [0.15, 0.2) is 0 Å². The molecule has 3 heteroatoms. The van der Waals surface area contributed by atoms with Gasteiger partial charge in [-0.1, -0.05) is 13.8 Å². The van der Waals surface area contributed by atoms with Crippen LogP contribution in [0.4, 0.5) is 0 Å². The van der Waals surface area contributed by atoms with Crippen LogP contribution in [0.2, 0.25) is 0 Å². The standard InChI is InChI=1S/C14H26N2O/c1-9-5-10(2)7-12(6-9)16-14(17)8-13(15)11-3-4-11/h9-13H,3-8,15H2,1-2H3,(H,16,17). The van der Waals surface area contributed by atoms with Crippen molar-refractivity contribution >= 4 is 5.91 Å². The molecule has 3 atom stereocenters. The topological polar surface area (TPSA) is 55.1 Å². The van der Waals surface area contributed by atoms with E-state index in [1.165, 1.54) is 19.3 Å². The van der Waals surface area contributed by atoms with Gasteiger partial charge in [0.2, 0.25) is 5.91 Å². The molecule has 2 rings (SSSR count). The largest absolute Gasteiger partial charge is 0.353 e. The van der Waals surface area contributed by atoms with Gasteiger partial charge in [0.05, 0.1) is 0 Å². The predicted molar refractivity (Wildman–Crippen MR) is 69.4 cm³/mol. The normalized spacial score (nSPS) is 35.4. The first kappa shape index (κ1) is 12.9. The van der Waals surface area contributed by atoms with Crippen molar-refractivity contribution in [3.05, 3.63) is 0 Å². The second-order valence-corrected chi connectivity index (χ2v) is 6.39. The maximum absolute atomic E-state index is 11.9. The minimum absolute atomic E-state index is 0.0911. The second kappa shape index (κ2) is 5.38. The number of carbonyl (C=O) groups excluding carboxylic acids is 1. The van der Waals surface area contributed by atoms with Gasteiger partial charge in [0.25, 0.3) is 0 Å². The fourth-order valence-electron chi connectivity index (χ4n) is 3.26. The van der Waals surface area contributed by atoms with E-state index in [9.17, 15) is 4.79 Å². The average Bonchev–Trinajstić information content (AvgIpc) is 2.97. The van der Waals surface area contributed by atoms with Gasteiger partial charge in [0.1, 0.15) is 0 Å². The van der Waals surface area contributed by atoms with Crippen LogP contribution >= 0.6 is 0 Å². The molecular weight excluding hydrogens is 212 g/mol. The Bertz CT molecular complexity index is 265. The van der Waals surface area contributed by atoms with Crippen molar-refractivity contribution in [1.29, 1.82) is 0 Å². The predicted octanol–water partition coefficient (Wildman–Crippen LogP) is 2.05. The Morgan fingerprint density at radius 3 is 2.35 bits per heavy atom. The highest BCUT2D eigenvalue weighted by atomic mass is 16.1. The number of nitrogens with two attached hydrogens (primary N) is 1. The van der Waals surface area contributed by atoms with Gasteiger partial charge < -0.3 is 11.1 Å². The van der Waals surface area contributed by atoms with E-state index in [-0.39, 0.29) is 11.9 Å². The van der Waals surface area contributed by atoms with E-state index in [0.717, 1.165) is 24.7 Å². The van der Waals surface area contributed by atoms with Crippen molar-refractivity contribution in [2.24, 2.45) is 23.5 Å². The van der Waals surface area contributed by atoms with Crippen molar-refractivity contribution in [2.75, 3.05) is 0 Å². The monoisotopic (exact) mass is 238 g/mol. The van der Waals surface area contributed by atoms with Crippen LogP contribution in [0, 0.1) is 17.8 Å². The third-order valence-corrected chi connectivity index (χ3v) is 4.19. The molecule has 0 bridgehead atoms. The molecule has 0 aromatic rings. The van der Waals surface area contributed by atoms with Crippen LogP contribution in [0.3, 0.4) is 0 Å². The first-order valence-electron chi connectivity index (χ1n) is 7.09. The molecule has 98 valence electrons. The molecule has 0 aromatic heterocycles. The lowest BCUT2D eigenvalue weighted by Gasteiger charge is -2.32. The quantitative estimate of drug-likeness (QED) is 0.787. The fourth-order valence-corrected chi connectivity index (χ4v) is 3.26. The van der Waals surface area contributed by atoms with Crippen molar-refractivity contribution in [1.82, 2.24) is 5.32 Å². The van der Waals surface area contributed by atoms with Gasteiger partial charge in [0.15, 0.2) is 0 Å². The van der Waals surface area contributed by atoms with Crippen molar-refractivity contribution in [2.45, 2.75) is 64.5 Å². The minimum Gasteiger partial charge on any atom is -0.353 e. The summed E-state index contributed by atoms with van der Waals surface area (Å²) in [6, 6.07) is 0.473. The van der Waals surface area contributed by atoms with Gasteiger partial charge in [-0.05, 0) is 49.9 Å². The maximum atomic E-state index is 11.9. The molecule has 2 aliphatic rings. The van der Waals surface area contributed by atoms with Crippen LogP contribution in [-0.2, 0) is 4.79 Å². The Hall–Kier alpha value is -0.570. The van der Waals surface area contributed by atoms with E-state index in [4.69, 9.17) is 5.73 Å². The maximum Gasteiger partial charge on any atom is 0.221 e. The Morgan fingerprint density at radius 1 is 1.24 bits per heavy atom.